The third-order valence-electron chi connectivity index (χ3n) is 2.82. The van der Waals surface area contributed by atoms with Gasteiger partial charge in [-0.05, 0) is 12.8 Å². The highest BCUT2D eigenvalue weighted by molar-refractivity contribution is 5.97. The number of carbonyl (C=O) groups excluding carboxylic acids is 1. The molecule has 0 spiro atoms. The van der Waals surface area contributed by atoms with Gasteiger partial charge in [-0.15, -0.1) is 0 Å². The second-order valence-electron chi connectivity index (χ2n) is 4.31. The van der Waals surface area contributed by atoms with E-state index in [9.17, 15) is 4.79 Å². The topological polar surface area (TPSA) is 79.0 Å². The van der Waals surface area contributed by atoms with Gasteiger partial charge in [0.25, 0.3) is 0 Å². The summed E-state index contributed by atoms with van der Waals surface area (Å²) in [6, 6.07) is 0.303. The lowest BCUT2D eigenvalue weighted by Crippen LogP contribution is -2.37. The Morgan fingerprint density at radius 3 is 2.27 bits per heavy atom. The quantitative estimate of drug-likeness (QED) is 0.489. The Hall–Kier alpha value is -1.06. The minimum atomic E-state index is -0.104. The van der Waals surface area contributed by atoms with E-state index >= 15 is 0 Å². The molecule has 0 aromatic carbocycles. The maximum Gasteiger partial charge on any atom is 0.227 e. The molecule has 0 saturated heterocycles. The molecule has 0 radical (unpaired) electrons. The molecule has 86 valence electrons. The van der Waals surface area contributed by atoms with Gasteiger partial charge >= 0.3 is 0 Å². The van der Waals surface area contributed by atoms with E-state index in [2.05, 4.69) is 5.32 Å². The fourth-order valence-electron chi connectivity index (χ4n) is 2.05. The van der Waals surface area contributed by atoms with Crippen molar-refractivity contribution in [3.05, 3.63) is 0 Å². The molecule has 4 nitrogen and oxygen atoms in total. The summed E-state index contributed by atoms with van der Waals surface area (Å²) >= 11 is 0. The normalized spacial score (nSPS) is 18.9. The predicted octanol–water partition coefficient (Wildman–Crippen LogP) is 1.54. The molecular formula is C11H21N3O. The Balaban J connectivity index is 2.28. The highest BCUT2D eigenvalue weighted by atomic mass is 16.1. The van der Waals surface area contributed by atoms with Crippen molar-refractivity contribution < 1.29 is 4.79 Å². The van der Waals surface area contributed by atoms with Crippen molar-refractivity contribution in [2.75, 3.05) is 0 Å². The first kappa shape index (κ1) is 12.0. The lowest BCUT2D eigenvalue weighted by molar-refractivity contribution is -0.120. The first-order valence-electron chi connectivity index (χ1n) is 5.81. The SMILES string of the molecule is N=C(N)CC(=O)NC1CCCCCCC1. The second-order valence-corrected chi connectivity index (χ2v) is 4.31. The van der Waals surface area contributed by atoms with Crippen LogP contribution in [0.5, 0.6) is 0 Å². The molecule has 1 aliphatic rings. The monoisotopic (exact) mass is 211 g/mol. The number of nitrogens with two attached hydrogens (primary N) is 1. The van der Waals surface area contributed by atoms with Crippen LogP contribution >= 0.6 is 0 Å². The van der Waals surface area contributed by atoms with Crippen molar-refractivity contribution in [2.24, 2.45) is 5.73 Å². The first-order chi connectivity index (χ1) is 7.18. The highest BCUT2D eigenvalue weighted by Gasteiger charge is 2.14. The van der Waals surface area contributed by atoms with Crippen molar-refractivity contribution in [1.29, 1.82) is 5.41 Å². The van der Waals surface area contributed by atoms with Gasteiger partial charge in [-0.2, -0.15) is 0 Å². The Bertz CT molecular complexity index is 220. The van der Waals surface area contributed by atoms with E-state index < -0.39 is 0 Å². The van der Waals surface area contributed by atoms with Gasteiger partial charge in [-0.25, -0.2) is 0 Å². The summed E-state index contributed by atoms with van der Waals surface area (Å²) < 4.78 is 0. The highest BCUT2D eigenvalue weighted by Crippen LogP contribution is 2.16. The van der Waals surface area contributed by atoms with Crippen LogP contribution in [0, 0.1) is 5.41 Å². The molecule has 0 unspecified atom stereocenters. The van der Waals surface area contributed by atoms with Crippen LogP contribution < -0.4 is 11.1 Å². The first-order valence-corrected chi connectivity index (χ1v) is 5.81. The van der Waals surface area contributed by atoms with Crippen LogP contribution in [-0.2, 0) is 4.79 Å². The van der Waals surface area contributed by atoms with Gasteiger partial charge < -0.3 is 11.1 Å². The Morgan fingerprint density at radius 2 is 1.73 bits per heavy atom. The van der Waals surface area contributed by atoms with Gasteiger partial charge in [-0.1, -0.05) is 32.1 Å². The van der Waals surface area contributed by atoms with Crippen LogP contribution in [0.25, 0.3) is 0 Å². The number of amidine groups is 1. The zero-order valence-corrected chi connectivity index (χ0v) is 9.22. The molecular weight excluding hydrogens is 190 g/mol. The molecule has 0 heterocycles. The van der Waals surface area contributed by atoms with E-state index in [1.807, 2.05) is 0 Å². The molecule has 1 rings (SSSR count). The zero-order chi connectivity index (χ0) is 11.1. The number of hydrogen-bond acceptors (Lipinski definition) is 2. The number of carbonyl (C=O) groups is 1. The van der Waals surface area contributed by atoms with E-state index in [4.69, 9.17) is 11.1 Å². The van der Waals surface area contributed by atoms with Crippen LogP contribution in [0.1, 0.15) is 51.4 Å². The lowest BCUT2D eigenvalue weighted by Gasteiger charge is -2.20. The smallest absolute Gasteiger partial charge is 0.227 e. The summed E-state index contributed by atoms with van der Waals surface area (Å²) in [7, 11) is 0. The minimum Gasteiger partial charge on any atom is -0.387 e. The summed E-state index contributed by atoms with van der Waals surface area (Å²) in [6.07, 6.45) is 8.46. The molecule has 0 atom stereocenters. The standard InChI is InChI=1S/C11H21N3O/c12-10(13)8-11(15)14-9-6-4-2-1-3-5-7-9/h9H,1-8H2,(H3,12,13)(H,14,15). The van der Waals surface area contributed by atoms with E-state index in [1.165, 1.54) is 32.1 Å². The van der Waals surface area contributed by atoms with Crippen LogP contribution in [0.2, 0.25) is 0 Å². The molecule has 1 fully saturated rings. The predicted molar refractivity (Wildman–Crippen MR) is 60.8 cm³/mol. The Morgan fingerprint density at radius 1 is 1.20 bits per heavy atom. The van der Waals surface area contributed by atoms with Gasteiger partial charge in [0.05, 0.1) is 12.3 Å². The fourth-order valence-corrected chi connectivity index (χ4v) is 2.05. The van der Waals surface area contributed by atoms with Crippen LogP contribution in [0.3, 0.4) is 0 Å². The third-order valence-corrected chi connectivity index (χ3v) is 2.82. The van der Waals surface area contributed by atoms with E-state index in [-0.39, 0.29) is 18.2 Å². The molecule has 1 aliphatic carbocycles. The third kappa shape index (κ3) is 5.40. The van der Waals surface area contributed by atoms with Crippen molar-refractivity contribution in [1.82, 2.24) is 5.32 Å². The average Bonchev–Trinajstić information content (AvgIpc) is 2.08. The molecule has 0 aromatic heterocycles. The number of hydrogen-bond donors (Lipinski definition) is 3. The Kier molecular flexibility index (Phi) is 5.15. The maximum atomic E-state index is 11.4. The van der Waals surface area contributed by atoms with Gasteiger partial charge in [0.15, 0.2) is 0 Å². The van der Waals surface area contributed by atoms with Gasteiger partial charge in [0, 0.05) is 6.04 Å². The molecule has 1 saturated carbocycles. The molecule has 4 heteroatoms. The minimum absolute atomic E-state index is 0.0382. The van der Waals surface area contributed by atoms with Gasteiger partial charge in [-0.3, -0.25) is 10.2 Å². The van der Waals surface area contributed by atoms with E-state index in [0.29, 0.717) is 6.04 Å². The molecule has 1 amide bonds. The second kappa shape index (κ2) is 6.43. The van der Waals surface area contributed by atoms with E-state index in [1.54, 1.807) is 0 Å². The molecule has 0 aliphatic heterocycles. The fraction of sp³-hybridized carbons (Fsp3) is 0.818. The van der Waals surface area contributed by atoms with Gasteiger partial charge in [0.1, 0.15) is 0 Å². The van der Waals surface area contributed by atoms with Crippen molar-refractivity contribution >= 4 is 11.7 Å². The summed E-state index contributed by atoms with van der Waals surface area (Å²) in [5.41, 5.74) is 5.18. The number of rotatable bonds is 3. The van der Waals surface area contributed by atoms with Crippen LogP contribution in [-0.4, -0.2) is 17.8 Å². The van der Waals surface area contributed by atoms with Crippen LogP contribution in [0.15, 0.2) is 0 Å². The van der Waals surface area contributed by atoms with Gasteiger partial charge in [0.2, 0.25) is 5.91 Å². The molecule has 0 aromatic rings. The summed E-state index contributed by atoms with van der Waals surface area (Å²) in [4.78, 5) is 11.4. The largest absolute Gasteiger partial charge is 0.387 e. The molecule has 4 N–H and O–H groups in total. The summed E-state index contributed by atoms with van der Waals surface area (Å²) in [6.45, 7) is 0. The maximum absolute atomic E-state index is 11.4. The van der Waals surface area contributed by atoms with Crippen molar-refractivity contribution in [3.63, 3.8) is 0 Å². The number of nitrogens with one attached hydrogen (secondary N) is 2. The summed E-state index contributed by atoms with van der Waals surface area (Å²) in [5, 5.41) is 10.00. The van der Waals surface area contributed by atoms with Crippen molar-refractivity contribution in [2.45, 2.75) is 57.4 Å². The van der Waals surface area contributed by atoms with E-state index in [0.717, 1.165) is 12.8 Å². The van der Waals surface area contributed by atoms with Crippen molar-refractivity contribution in [3.8, 4) is 0 Å². The molecule has 0 bridgehead atoms. The lowest BCUT2D eigenvalue weighted by atomic mass is 9.96. The summed E-state index contributed by atoms with van der Waals surface area (Å²) in [5.74, 6) is -0.161. The zero-order valence-electron chi connectivity index (χ0n) is 9.22. The van der Waals surface area contributed by atoms with Crippen LogP contribution in [0.4, 0.5) is 0 Å². The number of amides is 1. The molecule has 15 heavy (non-hydrogen) atoms. The Labute approximate surface area is 91.1 Å². The average molecular weight is 211 g/mol.